The number of nitrogens with zero attached hydrogens (tertiary/aromatic N) is 2. The second-order valence-electron chi connectivity index (χ2n) is 5.63. The average Bonchev–Trinajstić information content (AvgIpc) is 3.01. The summed E-state index contributed by atoms with van der Waals surface area (Å²) in [4.78, 5) is 17.1. The van der Waals surface area contributed by atoms with Gasteiger partial charge in [0.15, 0.2) is 0 Å². The topological polar surface area (TPSA) is 46.3 Å². The van der Waals surface area contributed by atoms with Crippen LogP contribution < -0.4 is 0 Å². The SMILES string of the molecule is CC1CC1c1ccc(CN(C)C(=O)c2cccnc2F)o1. The van der Waals surface area contributed by atoms with E-state index in [0.29, 0.717) is 24.1 Å². The molecule has 2 aromatic rings. The zero-order chi connectivity index (χ0) is 15.0. The maximum absolute atomic E-state index is 13.5. The molecular weight excluding hydrogens is 271 g/mol. The number of furan rings is 1. The largest absolute Gasteiger partial charge is 0.464 e. The smallest absolute Gasteiger partial charge is 0.258 e. The van der Waals surface area contributed by atoms with Gasteiger partial charge in [0.1, 0.15) is 11.5 Å². The number of amides is 1. The molecule has 3 rings (SSSR count). The summed E-state index contributed by atoms with van der Waals surface area (Å²) in [6.45, 7) is 2.50. The quantitative estimate of drug-likeness (QED) is 0.812. The van der Waals surface area contributed by atoms with Crippen LogP contribution in [0.4, 0.5) is 4.39 Å². The molecule has 2 aromatic heterocycles. The third-order valence-corrected chi connectivity index (χ3v) is 3.89. The molecule has 5 heteroatoms. The fourth-order valence-corrected chi connectivity index (χ4v) is 2.45. The third kappa shape index (κ3) is 2.82. The number of rotatable bonds is 4. The van der Waals surface area contributed by atoms with Gasteiger partial charge >= 0.3 is 0 Å². The molecule has 0 saturated heterocycles. The van der Waals surface area contributed by atoms with Crippen LogP contribution in [0.2, 0.25) is 0 Å². The Morgan fingerprint density at radius 1 is 1.48 bits per heavy atom. The summed E-state index contributed by atoms with van der Waals surface area (Å²) in [6, 6.07) is 6.82. The van der Waals surface area contributed by atoms with E-state index in [9.17, 15) is 9.18 Å². The van der Waals surface area contributed by atoms with Crippen LogP contribution in [0.15, 0.2) is 34.9 Å². The van der Waals surface area contributed by atoms with Crippen LogP contribution in [0.25, 0.3) is 0 Å². The molecule has 1 aliphatic rings. The standard InChI is InChI=1S/C16H17FN2O2/c1-10-8-13(10)14-6-5-11(21-14)9-19(2)16(20)12-4-3-7-18-15(12)17/h3-7,10,13H,8-9H2,1-2H3. The number of aromatic nitrogens is 1. The molecule has 2 heterocycles. The van der Waals surface area contributed by atoms with Crippen molar-refractivity contribution in [3.8, 4) is 0 Å². The van der Waals surface area contributed by atoms with Crippen LogP contribution in [0, 0.1) is 11.9 Å². The Bertz CT molecular complexity index is 668. The molecule has 0 bridgehead atoms. The van der Waals surface area contributed by atoms with Gasteiger partial charge in [0.2, 0.25) is 5.95 Å². The van der Waals surface area contributed by atoms with E-state index in [1.807, 2.05) is 12.1 Å². The van der Waals surface area contributed by atoms with Gasteiger partial charge in [-0.25, -0.2) is 4.98 Å². The van der Waals surface area contributed by atoms with Crippen LogP contribution in [-0.2, 0) is 6.54 Å². The molecule has 21 heavy (non-hydrogen) atoms. The number of hydrogen-bond donors (Lipinski definition) is 0. The summed E-state index contributed by atoms with van der Waals surface area (Å²) in [6.07, 6.45) is 2.48. The monoisotopic (exact) mass is 288 g/mol. The highest BCUT2D eigenvalue weighted by atomic mass is 19.1. The Morgan fingerprint density at radius 2 is 2.24 bits per heavy atom. The predicted molar refractivity (Wildman–Crippen MR) is 75.2 cm³/mol. The Balaban J connectivity index is 1.68. The van der Waals surface area contributed by atoms with Crippen molar-refractivity contribution >= 4 is 5.91 Å². The Kier molecular flexibility index (Phi) is 3.49. The van der Waals surface area contributed by atoms with Crippen LogP contribution >= 0.6 is 0 Å². The summed E-state index contributed by atoms with van der Waals surface area (Å²) in [5, 5.41) is 0. The zero-order valence-electron chi connectivity index (χ0n) is 12.0. The number of carbonyl (C=O) groups is 1. The molecule has 2 atom stereocenters. The molecule has 0 aliphatic heterocycles. The number of carbonyl (C=O) groups excluding carboxylic acids is 1. The van der Waals surface area contributed by atoms with Crippen molar-refractivity contribution in [2.24, 2.45) is 5.92 Å². The summed E-state index contributed by atoms with van der Waals surface area (Å²) in [5.41, 5.74) is -0.0254. The molecular formula is C16H17FN2O2. The van der Waals surface area contributed by atoms with Gasteiger partial charge < -0.3 is 9.32 Å². The minimum Gasteiger partial charge on any atom is -0.464 e. The first-order valence-corrected chi connectivity index (χ1v) is 7.01. The maximum Gasteiger partial charge on any atom is 0.258 e. The van der Waals surface area contributed by atoms with Crippen LogP contribution in [0.5, 0.6) is 0 Å². The van der Waals surface area contributed by atoms with E-state index in [1.165, 1.54) is 17.2 Å². The van der Waals surface area contributed by atoms with Gasteiger partial charge in [-0.1, -0.05) is 6.92 Å². The van der Waals surface area contributed by atoms with E-state index in [4.69, 9.17) is 4.42 Å². The van der Waals surface area contributed by atoms with E-state index in [-0.39, 0.29) is 5.56 Å². The fraction of sp³-hybridized carbons (Fsp3) is 0.375. The van der Waals surface area contributed by atoms with Gasteiger partial charge in [-0.15, -0.1) is 0 Å². The van der Waals surface area contributed by atoms with Crippen LogP contribution in [0.3, 0.4) is 0 Å². The van der Waals surface area contributed by atoms with Crippen molar-refractivity contribution in [3.63, 3.8) is 0 Å². The maximum atomic E-state index is 13.5. The summed E-state index contributed by atoms with van der Waals surface area (Å²) in [5.74, 6) is 1.72. The Hall–Kier alpha value is -2.17. The Labute approximate surface area is 122 Å². The van der Waals surface area contributed by atoms with Crippen LogP contribution in [-0.4, -0.2) is 22.8 Å². The molecule has 4 nitrogen and oxygen atoms in total. The van der Waals surface area contributed by atoms with Crippen molar-refractivity contribution in [3.05, 3.63) is 53.5 Å². The van der Waals surface area contributed by atoms with E-state index in [2.05, 4.69) is 11.9 Å². The second kappa shape index (κ2) is 5.31. The van der Waals surface area contributed by atoms with Crippen molar-refractivity contribution in [2.45, 2.75) is 25.8 Å². The Morgan fingerprint density at radius 3 is 2.90 bits per heavy atom. The lowest BCUT2D eigenvalue weighted by molar-refractivity contribution is 0.0769. The van der Waals surface area contributed by atoms with Gasteiger partial charge in [-0.3, -0.25) is 4.79 Å². The normalized spacial score (nSPS) is 20.3. The van der Waals surface area contributed by atoms with Gasteiger partial charge in [-0.05, 0) is 36.6 Å². The molecule has 0 spiro atoms. The van der Waals surface area contributed by atoms with Crippen LogP contribution in [0.1, 0.15) is 41.1 Å². The fourth-order valence-electron chi connectivity index (χ4n) is 2.45. The van der Waals surface area contributed by atoms with Gasteiger partial charge in [0.25, 0.3) is 5.91 Å². The summed E-state index contributed by atoms with van der Waals surface area (Å²) < 4.78 is 19.3. The summed E-state index contributed by atoms with van der Waals surface area (Å²) in [7, 11) is 1.62. The number of pyridine rings is 1. The van der Waals surface area contributed by atoms with E-state index in [1.54, 1.807) is 13.1 Å². The minimum atomic E-state index is -0.749. The molecule has 0 aromatic carbocycles. The average molecular weight is 288 g/mol. The first-order chi connectivity index (χ1) is 10.1. The molecule has 1 aliphatic carbocycles. The van der Waals surface area contributed by atoms with E-state index >= 15 is 0 Å². The summed E-state index contributed by atoms with van der Waals surface area (Å²) >= 11 is 0. The van der Waals surface area contributed by atoms with Gasteiger partial charge in [-0.2, -0.15) is 4.39 Å². The van der Waals surface area contributed by atoms with Crippen molar-refractivity contribution < 1.29 is 13.6 Å². The highest BCUT2D eigenvalue weighted by Crippen LogP contribution is 2.47. The zero-order valence-corrected chi connectivity index (χ0v) is 12.0. The molecule has 0 radical (unpaired) electrons. The van der Waals surface area contributed by atoms with Crippen molar-refractivity contribution in [1.29, 1.82) is 0 Å². The molecule has 110 valence electrons. The lowest BCUT2D eigenvalue weighted by atomic mass is 10.2. The van der Waals surface area contributed by atoms with Crippen molar-refractivity contribution in [2.75, 3.05) is 7.05 Å². The highest BCUT2D eigenvalue weighted by Gasteiger charge is 2.36. The molecule has 2 unspecified atom stereocenters. The first-order valence-electron chi connectivity index (χ1n) is 7.01. The second-order valence-corrected chi connectivity index (χ2v) is 5.63. The number of halogens is 1. The van der Waals surface area contributed by atoms with Gasteiger partial charge in [0, 0.05) is 19.2 Å². The lowest BCUT2D eigenvalue weighted by Gasteiger charge is -2.15. The third-order valence-electron chi connectivity index (χ3n) is 3.89. The predicted octanol–water partition coefficient (Wildman–Crippen LogP) is 3.21. The molecule has 1 saturated carbocycles. The van der Waals surface area contributed by atoms with Crippen molar-refractivity contribution in [1.82, 2.24) is 9.88 Å². The molecule has 1 amide bonds. The first kappa shape index (κ1) is 13.8. The molecule has 1 fully saturated rings. The number of hydrogen-bond acceptors (Lipinski definition) is 3. The highest BCUT2D eigenvalue weighted by molar-refractivity contribution is 5.93. The van der Waals surface area contributed by atoms with Gasteiger partial charge in [0.05, 0.1) is 12.1 Å². The van der Waals surface area contributed by atoms with E-state index in [0.717, 1.165) is 12.2 Å². The molecule has 0 N–H and O–H groups in total. The lowest BCUT2D eigenvalue weighted by Crippen LogP contribution is -2.27. The minimum absolute atomic E-state index is 0.0254. The van der Waals surface area contributed by atoms with E-state index < -0.39 is 11.9 Å².